The van der Waals surface area contributed by atoms with Crippen LogP contribution >= 0.6 is 0 Å². The second kappa shape index (κ2) is 42.9. The molecule has 2 amide bonds. The molecule has 0 aromatic carbocycles. The number of amides is 2. The predicted molar refractivity (Wildman–Crippen MR) is 108 cm³/mol. The van der Waals surface area contributed by atoms with Gasteiger partial charge in [0.05, 0.1) is 0 Å². The molecule has 0 fully saturated rings. The van der Waals surface area contributed by atoms with Crippen LogP contribution in [0.15, 0.2) is 0 Å². The van der Waals surface area contributed by atoms with E-state index in [0.717, 1.165) is 0 Å². The van der Waals surface area contributed by atoms with Crippen LogP contribution in [-0.2, 0) is 19.2 Å². The van der Waals surface area contributed by atoms with Gasteiger partial charge in [-0.05, 0) is 13.8 Å². The zero-order valence-corrected chi connectivity index (χ0v) is 14.0. The summed E-state index contributed by atoms with van der Waals surface area (Å²) in [6.45, 7) is 9.81. The summed E-state index contributed by atoms with van der Waals surface area (Å²) in [5, 5.41) is 4.78. The van der Waals surface area contributed by atoms with Gasteiger partial charge in [0.1, 0.15) is 11.6 Å². The maximum Gasteiger partial charge on any atom is 0.216 e. The van der Waals surface area contributed by atoms with Crippen molar-refractivity contribution in [2.24, 2.45) is 0 Å². The summed E-state index contributed by atoms with van der Waals surface area (Å²) in [6, 6.07) is 0. The zero-order valence-electron chi connectivity index (χ0n) is 14.0. The molecule has 0 aromatic rings. The fraction of sp³-hybridized carbons (Fsp3) is 0.778. The monoisotopic (exact) mass is 354 g/mol. The van der Waals surface area contributed by atoms with Gasteiger partial charge in [0.25, 0.3) is 0 Å². The normalized spacial score (nSPS) is 6.00. The van der Waals surface area contributed by atoms with Gasteiger partial charge in [-0.15, -0.1) is 0 Å². The molecule has 152 valence electrons. The molecule has 0 aliphatic rings. The van der Waals surface area contributed by atoms with E-state index in [1.165, 1.54) is 13.8 Å². The molecular formula is C18H46N2O4. The maximum absolute atomic E-state index is 9.81. The topological polar surface area (TPSA) is 92.3 Å². The number of nitrogens with one attached hydrogen (secondary N) is 2. The molecule has 6 nitrogen and oxygen atoms in total. The number of Topliss-reactive ketones (excluding diaryl/α,β-unsaturated/α-hetero) is 2. The molecule has 0 spiro atoms. The van der Waals surface area contributed by atoms with Gasteiger partial charge in [0, 0.05) is 40.8 Å². The fourth-order valence-corrected chi connectivity index (χ4v) is 0. The summed E-state index contributed by atoms with van der Waals surface area (Å²) in [5.41, 5.74) is 0. The van der Waals surface area contributed by atoms with E-state index in [0.29, 0.717) is 12.8 Å². The minimum Gasteiger partial charge on any atom is -0.359 e. The largest absolute Gasteiger partial charge is 0.359 e. The van der Waals surface area contributed by atoms with Gasteiger partial charge in [-0.1, -0.05) is 43.6 Å². The summed E-state index contributed by atoms with van der Waals surface area (Å²) in [4.78, 5) is 39.0. The fourth-order valence-electron chi connectivity index (χ4n) is 0. The number of carbonyl (C=O) groups is 4. The van der Waals surface area contributed by atoms with Crippen molar-refractivity contribution in [2.45, 2.75) is 84.1 Å². The van der Waals surface area contributed by atoms with Crippen LogP contribution < -0.4 is 10.6 Å². The summed E-state index contributed by atoms with van der Waals surface area (Å²) in [7, 11) is 3.20. The van der Waals surface area contributed by atoms with Crippen molar-refractivity contribution in [3.05, 3.63) is 0 Å². The van der Waals surface area contributed by atoms with Gasteiger partial charge >= 0.3 is 0 Å². The Morgan fingerprint density at radius 3 is 0.667 bits per heavy atom. The Labute approximate surface area is 152 Å². The van der Waals surface area contributed by atoms with Crippen LogP contribution in [0.5, 0.6) is 0 Å². The Balaban J connectivity index is -0.0000000225. The molecule has 0 unspecified atom stereocenters. The number of rotatable bonds is 2. The van der Waals surface area contributed by atoms with Crippen molar-refractivity contribution in [1.29, 1.82) is 0 Å². The lowest BCUT2D eigenvalue weighted by atomic mass is 10.4. The van der Waals surface area contributed by atoms with Crippen molar-refractivity contribution in [3.63, 3.8) is 0 Å². The third-order valence-electron chi connectivity index (χ3n) is 1.70. The van der Waals surface area contributed by atoms with E-state index >= 15 is 0 Å². The van der Waals surface area contributed by atoms with Crippen molar-refractivity contribution in [3.8, 4) is 0 Å². The number of carbonyl (C=O) groups excluding carboxylic acids is 4. The Bertz CT molecular complexity index is 222. The number of hydrogen-bond acceptors (Lipinski definition) is 4. The van der Waals surface area contributed by atoms with Gasteiger partial charge in [0.15, 0.2) is 0 Å². The second-order valence-electron chi connectivity index (χ2n) is 3.72. The number of hydrogen-bond donors (Lipinski definition) is 2. The lowest BCUT2D eigenvalue weighted by Crippen LogP contribution is -2.11. The molecule has 0 bridgehead atoms. The van der Waals surface area contributed by atoms with E-state index in [2.05, 4.69) is 10.6 Å². The summed E-state index contributed by atoms with van der Waals surface area (Å²) >= 11 is 0. The van der Waals surface area contributed by atoms with Crippen LogP contribution in [0.4, 0.5) is 0 Å². The highest BCUT2D eigenvalue weighted by atomic mass is 16.2. The molecule has 0 aromatic heterocycles. The van der Waals surface area contributed by atoms with E-state index < -0.39 is 0 Å². The van der Waals surface area contributed by atoms with Gasteiger partial charge in [0.2, 0.25) is 11.8 Å². The smallest absolute Gasteiger partial charge is 0.216 e. The number of ketones is 2. The van der Waals surface area contributed by atoms with Gasteiger partial charge in [-0.25, -0.2) is 0 Å². The van der Waals surface area contributed by atoms with E-state index in [-0.39, 0.29) is 53.1 Å². The van der Waals surface area contributed by atoms with Crippen molar-refractivity contribution in [1.82, 2.24) is 10.6 Å². The van der Waals surface area contributed by atoms with Crippen LogP contribution in [0, 0.1) is 0 Å². The molecule has 0 saturated carbocycles. The summed E-state index contributed by atoms with van der Waals surface area (Å²) in [6.07, 6.45) is 1.33. The molecule has 0 saturated heterocycles. The Morgan fingerprint density at radius 1 is 0.583 bits per heavy atom. The van der Waals surface area contributed by atoms with Gasteiger partial charge < -0.3 is 20.2 Å². The van der Waals surface area contributed by atoms with E-state index in [4.69, 9.17) is 0 Å². The summed E-state index contributed by atoms with van der Waals surface area (Å²) in [5.74, 6) is 0.519. The lowest BCUT2D eigenvalue weighted by Gasteiger charge is -1.80. The quantitative estimate of drug-likeness (QED) is 0.783. The second-order valence-corrected chi connectivity index (χ2v) is 3.72. The first-order valence-corrected chi connectivity index (χ1v) is 6.44. The van der Waals surface area contributed by atoms with E-state index in [1.54, 1.807) is 27.9 Å². The van der Waals surface area contributed by atoms with Crippen LogP contribution in [-0.4, -0.2) is 37.5 Å². The molecule has 0 radical (unpaired) electrons. The molecule has 0 heterocycles. The van der Waals surface area contributed by atoms with Crippen LogP contribution in [0.2, 0.25) is 0 Å². The molecule has 0 atom stereocenters. The maximum atomic E-state index is 9.81. The Hall–Kier alpha value is -1.72. The Morgan fingerprint density at radius 2 is 0.667 bits per heavy atom. The highest BCUT2D eigenvalue weighted by Crippen LogP contribution is 1.72. The van der Waals surface area contributed by atoms with E-state index in [9.17, 15) is 19.2 Å². The minimum absolute atomic E-state index is 0. The minimum atomic E-state index is 0. The molecular weight excluding hydrogens is 308 g/mol. The molecule has 0 rings (SSSR count). The Kier molecular flexibility index (Phi) is 88.5. The highest BCUT2D eigenvalue weighted by molar-refractivity contribution is 5.75. The first-order chi connectivity index (χ1) is 9.08. The standard InChI is InChI=1S/2C4H8O.2C3H7NO.4CH4/c2*1-3-4(2)5;2*1-3(5)4-2;;;;/h2*3H2,1-2H3;2*1-2H3,(H,4,5);4*1H4. The van der Waals surface area contributed by atoms with Crippen LogP contribution in [0.3, 0.4) is 0 Å². The SMILES string of the molecule is C.C.C.C.CCC(C)=O.CCC(C)=O.CNC(C)=O.CNC(C)=O. The van der Waals surface area contributed by atoms with Gasteiger partial charge in [-0.2, -0.15) is 0 Å². The third-order valence-corrected chi connectivity index (χ3v) is 1.70. The average molecular weight is 355 g/mol. The lowest BCUT2D eigenvalue weighted by molar-refractivity contribution is -0.119. The molecule has 0 aliphatic carbocycles. The van der Waals surface area contributed by atoms with Crippen molar-refractivity contribution >= 4 is 23.4 Å². The molecule has 2 N–H and O–H groups in total. The zero-order chi connectivity index (χ0) is 17.1. The van der Waals surface area contributed by atoms with Crippen LogP contribution in [0.25, 0.3) is 0 Å². The van der Waals surface area contributed by atoms with Crippen molar-refractivity contribution < 1.29 is 19.2 Å². The average Bonchev–Trinajstić information content (AvgIpc) is 2.40. The van der Waals surface area contributed by atoms with Gasteiger partial charge in [-0.3, -0.25) is 9.59 Å². The molecule has 24 heavy (non-hydrogen) atoms. The van der Waals surface area contributed by atoms with Crippen molar-refractivity contribution in [2.75, 3.05) is 14.1 Å². The predicted octanol–water partition coefficient (Wildman–Crippen LogP) is 4.02. The molecule has 0 aliphatic heterocycles. The molecule has 6 heteroatoms. The first-order valence-electron chi connectivity index (χ1n) is 6.44. The highest BCUT2D eigenvalue weighted by Gasteiger charge is 1.77. The third kappa shape index (κ3) is 191. The van der Waals surface area contributed by atoms with E-state index in [1.807, 2.05) is 13.8 Å². The summed E-state index contributed by atoms with van der Waals surface area (Å²) < 4.78 is 0. The van der Waals surface area contributed by atoms with Crippen LogP contribution in [0.1, 0.15) is 84.1 Å². The first kappa shape index (κ1) is 49.5.